The summed E-state index contributed by atoms with van der Waals surface area (Å²) >= 11 is 0. The number of hydrogen-bond acceptors (Lipinski definition) is 5. The van der Waals surface area contributed by atoms with Crippen molar-refractivity contribution in [2.75, 3.05) is 19.5 Å². The van der Waals surface area contributed by atoms with E-state index < -0.39 is 6.10 Å². The molecule has 1 heterocycles. The number of ether oxygens (including phenoxy) is 3. The van der Waals surface area contributed by atoms with Gasteiger partial charge in [-0.15, -0.1) is 0 Å². The van der Waals surface area contributed by atoms with Gasteiger partial charge in [-0.25, -0.2) is 0 Å². The summed E-state index contributed by atoms with van der Waals surface area (Å²) < 4.78 is 17.3. The van der Waals surface area contributed by atoms with Gasteiger partial charge in [-0.2, -0.15) is 0 Å². The second kappa shape index (κ2) is 8.45. The highest BCUT2D eigenvalue weighted by molar-refractivity contribution is 5.49. The molecule has 5 nitrogen and oxygen atoms in total. The molecule has 0 unspecified atom stereocenters. The Hall–Kier alpha value is -3.18. The summed E-state index contributed by atoms with van der Waals surface area (Å²) in [5, 5.41) is 11.0. The zero-order valence-electron chi connectivity index (χ0n) is 16.4. The first kappa shape index (κ1) is 19.2. The van der Waals surface area contributed by atoms with E-state index in [4.69, 9.17) is 19.9 Å². The van der Waals surface area contributed by atoms with Gasteiger partial charge >= 0.3 is 0 Å². The number of anilines is 1. The molecule has 0 amide bonds. The molecule has 1 aliphatic rings. The predicted molar refractivity (Wildman–Crippen MR) is 112 cm³/mol. The van der Waals surface area contributed by atoms with Crippen molar-refractivity contribution < 1.29 is 19.3 Å². The number of hydrogen-bond donors (Lipinski definition) is 2. The molecule has 29 heavy (non-hydrogen) atoms. The lowest BCUT2D eigenvalue weighted by Gasteiger charge is -2.31. The van der Waals surface area contributed by atoms with Crippen LogP contribution in [0.3, 0.4) is 0 Å². The molecule has 0 aromatic heterocycles. The maximum Gasteiger partial charge on any atom is 0.125 e. The molecular formula is C24H25NO4. The third-order valence-electron chi connectivity index (χ3n) is 5.23. The van der Waals surface area contributed by atoms with Gasteiger partial charge in [-0.3, -0.25) is 0 Å². The Labute approximate surface area is 170 Å². The molecule has 0 bridgehead atoms. The minimum absolute atomic E-state index is 0.109. The Morgan fingerprint density at radius 2 is 1.90 bits per heavy atom. The van der Waals surface area contributed by atoms with E-state index >= 15 is 0 Å². The second-order valence-electron chi connectivity index (χ2n) is 7.27. The van der Waals surface area contributed by atoms with Crippen molar-refractivity contribution in [2.45, 2.75) is 19.1 Å². The summed E-state index contributed by atoms with van der Waals surface area (Å²) in [6.45, 7) is 0.900. The first-order valence-corrected chi connectivity index (χ1v) is 9.68. The minimum atomic E-state index is -0.662. The van der Waals surface area contributed by atoms with Crippen molar-refractivity contribution in [1.82, 2.24) is 0 Å². The van der Waals surface area contributed by atoms with Crippen LogP contribution >= 0.6 is 0 Å². The largest absolute Gasteiger partial charge is 0.496 e. The van der Waals surface area contributed by atoms with Crippen molar-refractivity contribution in [3.8, 4) is 17.2 Å². The number of aliphatic hydroxyl groups is 1. The maximum atomic E-state index is 11.0. The third-order valence-corrected chi connectivity index (χ3v) is 5.23. The van der Waals surface area contributed by atoms with Crippen LogP contribution in [0.4, 0.5) is 5.69 Å². The molecule has 0 saturated heterocycles. The van der Waals surface area contributed by atoms with Gasteiger partial charge in [-0.1, -0.05) is 30.3 Å². The zero-order valence-corrected chi connectivity index (χ0v) is 16.4. The van der Waals surface area contributed by atoms with Crippen LogP contribution in [0.15, 0.2) is 66.7 Å². The van der Waals surface area contributed by atoms with Crippen LogP contribution < -0.4 is 19.9 Å². The Morgan fingerprint density at radius 3 is 2.69 bits per heavy atom. The van der Waals surface area contributed by atoms with E-state index in [0.29, 0.717) is 36.8 Å². The van der Waals surface area contributed by atoms with E-state index in [9.17, 15) is 5.11 Å². The molecular weight excluding hydrogens is 366 g/mol. The molecule has 2 atom stereocenters. The van der Waals surface area contributed by atoms with Crippen LogP contribution in [-0.4, -0.2) is 18.8 Å². The number of nitrogens with two attached hydrogens (primary N) is 1. The van der Waals surface area contributed by atoms with E-state index in [2.05, 4.69) is 0 Å². The lowest BCUT2D eigenvalue weighted by molar-refractivity contribution is 0.0502. The molecule has 5 heteroatoms. The van der Waals surface area contributed by atoms with Gasteiger partial charge in [0.05, 0.1) is 19.8 Å². The molecule has 0 fully saturated rings. The van der Waals surface area contributed by atoms with Gasteiger partial charge in [0.15, 0.2) is 0 Å². The van der Waals surface area contributed by atoms with Crippen molar-refractivity contribution in [2.24, 2.45) is 5.92 Å². The monoisotopic (exact) mass is 391 g/mol. The minimum Gasteiger partial charge on any atom is -0.496 e. The summed E-state index contributed by atoms with van der Waals surface area (Å²) in [5.74, 6) is 2.05. The number of methoxy groups -OCH3 is 1. The van der Waals surface area contributed by atoms with Crippen molar-refractivity contribution in [3.05, 3.63) is 83.4 Å². The molecule has 0 aliphatic carbocycles. The smallest absolute Gasteiger partial charge is 0.125 e. The number of rotatable bonds is 6. The topological polar surface area (TPSA) is 73.9 Å². The van der Waals surface area contributed by atoms with E-state index in [-0.39, 0.29) is 5.92 Å². The van der Waals surface area contributed by atoms with Gasteiger partial charge < -0.3 is 25.1 Å². The molecule has 150 valence electrons. The van der Waals surface area contributed by atoms with Crippen LogP contribution in [0.5, 0.6) is 17.2 Å². The Bertz CT molecular complexity index is 974. The summed E-state index contributed by atoms with van der Waals surface area (Å²) in [5.41, 5.74) is 9.40. The number of fused-ring (bicyclic) bond motifs is 1. The van der Waals surface area contributed by atoms with Crippen molar-refractivity contribution in [3.63, 3.8) is 0 Å². The summed E-state index contributed by atoms with van der Waals surface area (Å²) in [6.07, 6.45) is -0.0608. The van der Waals surface area contributed by atoms with Crippen molar-refractivity contribution in [1.29, 1.82) is 0 Å². The van der Waals surface area contributed by atoms with Gasteiger partial charge in [-0.05, 0) is 53.9 Å². The number of benzene rings is 3. The molecule has 0 saturated carbocycles. The molecule has 3 aromatic carbocycles. The lowest BCUT2D eigenvalue weighted by atomic mass is 9.87. The van der Waals surface area contributed by atoms with Gasteiger partial charge in [0.1, 0.15) is 23.9 Å². The Morgan fingerprint density at radius 1 is 1.07 bits per heavy atom. The fourth-order valence-electron chi connectivity index (χ4n) is 3.67. The van der Waals surface area contributed by atoms with Crippen LogP contribution in [-0.2, 0) is 13.0 Å². The van der Waals surface area contributed by atoms with Gasteiger partial charge in [0, 0.05) is 17.2 Å². The average molecular weight is 391 g/mol. The Kier molecular flexibility index (Phi) is 5.58. The quantitative estimate of drug-likeness (QED) is 0.618. The standard InChI is InChI=1S/C24H25NO4/c1-27-22-9-7-19(25)12-17(22)11-18-15-29-23-10-8-20(13-21(23)24(18)26)28-14-16-5-3-2-4-6-16/h2-10,12-13,18,24,26H,11,14-15,25H2,1H3/t18-,24-/m0/s1. The van der Waals surface area contributed by atoms with Crippen LogP contribution in [0.25, 0.3) is 0 Å². The summed E-state index contributed by atoms with van der Waals surface area (Å²) in [4.78, 5) is 0. The zero-order chi connectivity index (χ0) is 20.2. The molecule has 0 spiro atoms. The molecule has 4 rings (SSSR count). The molecule has 0 radical (unpaired) electrons. The van der Waals surface area contributed by atoms with Crippen LogP contribution in [0.2, 0.25) is 0 Å². The highest BCUT2D eigenvalue weighted by atomic mass is 16.5. The normalized spacial score (nSPS) is 17.9. The lowest BCUT2D eigenvalue weighted by Crippen LogP contribution is -2.27. The summed E-state index contributed by atoms with van der Waals surface area (Å²) in [7, 11) is 1.63. The van der Waals surface area contributed by atoms with Gasteiger partial charge in [0.25, 0.3) is 0 Å². The van der Waals surface area contributed by atoms with E-state index in [1.54, 1.807) is 7.11 Å². The average Bonchev–Trinajstić information content (AvgIpc) is 2.75. The van der Waals surface area contributed by atoms with E-state index in [1.165, 1.54) is 0 Å². The molecule has 3 N–H and O–H groups in total. The molecule has 3 aromatic rings. The maximum absolute atomic E-state index is 11.0. The predicted octanol–water partition coefficient (Wildman–Crippen LogP) is 4.14. The van der Waals surface area contributed by atoms with E-state index in [0.717, 1.165) is 22.4 Å². The molecule has 1 aliphatic heterocycles. The van der Waals surface area contributed by atoms with Crippen molar-refractivity contribution >= 4 is 5.69 Å². The van der Waals surface area contributed by atoms with Gasteiger partial charge in [0.2, 0.25) is 0 Å². The highest BCUT2D eigenvalue weighted by Crippen LogP contribution is 2.40. The van der Waals surface area contributed by atoms with Crippen LogP contribution in [0, 0.1) is 5.92 Å². The Balaban J connectivity index is 1.50. The number of aliphatic hydroxyl groups excluding tert-OH is 1. The SMILES string of the molecule is COc1ccc(N)cc1C[C@H]1COc2ccc(OCc3ccccc3)cc2[C@H]1O. The first-order chi connectivity index (χ1) is 14.1. The number of nitrogen functional groups attached to an aromatic ring is 1. The highest BCUT2D eigenvalue weighted by Gasteiger charge is 2.30. The second-order valence-corrected chi connectivity index (χ2v) is 7.27. The fourth-order valence-corrected chi connectivity index (χ4v) is 3.67. The summed E-state index contributed by atoms with van der Waals surface area (Å²) in [6, 6.07) is 21.1. The third kappa shape index (κ3) is 4.30. The van der Waals surface area contributed by atoms with Crippen LogP contribution in [0.1, 0.15) is 22.8 Å². The van der Waals surface area contributed by atoms with E-state index in [1.807, 2.05) is 66.7 Å². The first-order valence-electron chi connectivity index (χ1n) is 9.68. The fraction of sp³-hybridized carbons (Fsp3) is 0.250.